The third-order valence-electron chi connectivity index (χ3n) is 5.82. The molecule has 2 aliphatic heterocycles. The van der Waals surface area contributed by atoms with Crippen LogP contribution in [-0.2, 0) is 4.74 Å². The minimum Gasteiger partial charge on any atom is -0.497 e. The molecule has 162 valence electrons. The molecular formula is C22H37N5O2. The lowest BCUT2D eigenvalue weighted by Gasteiger charge is -2.39. The molecule has 0 aromatic heterocycles. The van der Waals surface area contributed by atoms with Crippen molar-refractivity contribution in [2.24, 2.45) is 4.99 Å². The molecule has 0 spiro atoms. The van der Waals surface area contributed by atoms with Crippen molar-refractivity contribution in [3.05, 3.63) is 24.3 Å². The highest BCUT2D eigenvalue weighted by atomic mass is 16.5. The van der Waals surface area contributed by atoms with Crippen LogP contribution >= 0.6 is 0 Å². The average molecular weight is 404 g/mol. The van der Waals surface area contributed by atoms with Crippen LogP contribution in [0.5, 0.6) is 5.75 Å². The molecule has 0 saturated carbocycles. The number of aliphatic imine (C=N–C) groups is 1. The van der Waals surface area contributed by atoms with E-state index < -0.39 is 0 Å². The highest BCUT2D eigenvalue weighted by molar-refractivity contribution is 5.80. The number of hydrogen-bond donors (Lipinski definition) is 1. The summed E-state index contributed by atoms with van der Waals surface area (Å²) in [4.78, 5) is 12.3. The molecule has 2 heterocycles. The molecular weight excluding hydrogens is 366 g/mol. The number of anilines is 1. The van der Waals surface area contributed by atoms with Crippen molar-refractivity contribution in [1.29, 1.82) is 0 Å². The topological polar surface area (TPSA) is 52.6 Å². The Morgan fingerprint density at radius 1 is 1.28 bits per heavy atom. The smallest absolute Gasteiger partial charge is 0.194 e. The SMILES string of the molecule is CCNC(=NCC(C)N1CCOCC1C)N1CCN(c2cccc(OC)c2)CC1. The van der Waals surface area contributed by atoms with Gasteiger partial charge in [-0.25, -0.2) is 0 Å². The van der Waals surface area contributed by atoms with E-state index in [-0.39, 0.29) is 0 Å². The van der Waals surface area contributed by atoms with Crippen LogP contribution in [0.1, 0.15) is 20.8 Å². The molecule has 2 fully saturated rings. The fraction of sp³-hybridized carbons (Fsp3) is 0.682. The summed E-state index contributed by atoms with van der Waals surface area (Å²) < 4.78 is 10.9. The van der Waals surface area contributed by atoms with Gasteiger partial charge in [0.05, 0.1) is 26.9 Å². The maximum atomic E-state index is 5.57. The number of guanidine groups is 1. The van der Waals surface area contributed by atoms with Crippen molar-refractivity contribution >= 4 is 11.6 Å². The van der Waals surface area contributed by atoms with Gasteiger partial charge in [0.1, 0.15) is 5.75 Å². The van der Waals surface area contributed by atoms with Gasteiger partial charge in [0, 0.05) is 63.1 Å². The zero-order chi connectivity index (χ0) is 20.6. The second-order valence-electron chi connectivity index (χ2n) is 7.88. The van der Waals surface area contributed by atoms with Crippen LogP contribution < -0.4 is 15.0 Å². The van der Waals surface area contributed by atoms with E-state index in [1.165, 1.54) is 5.69 Å². The zero-order valence-electron chi connectivity index (χ0n) is 18.4. The van der Waals surface area contributed by atoms with Gasteiger partial charge in [-0.05, 0) is 32.9 Å². The molecule has 29 heavy (non-hydrogen) atoms. The Morgan fingerprint density at radius 3 is 2.76 bits per heavy atom. The summed E-state index contributed by atoms with van der Waals surface area (Å²) in [5.41, 5.74) is 1.22. The highest BCUT2D eigenvalue weighted by Gasteiger charge is 2.24. The molecule has 2 atom stereocenters. The maximum absolute atomic E-state index is 5.57. The number of methoxy groups -OCH3 is 1. The lowest BCUT2D eigenvalue weighted by atomic mass is 10.2. The van der Waals surface area contributed by atoms with Crippen LogP contribution in [-0.4, -0.2) is 94.0 Å². The van der Waals surface area contributed by atoms with Crippen molar-refractivity contribution in [3.63, 3.8) is 0 Å². The molecule has 3 rings (SSSR count). The number of hydrogen-bond acceptors (Lipinski definition) is 5. The second kappa shape index (κ2) is 10.7. The lowest BCUT2D eigenvalue weighted by Crippen LogP contribution is -2.53. The first-order chi connectivity index (χ1) is 14.1. The van der Waals surface area contributed by atoms with E-state index in [1.807, 2.05) is 6.07 Å². The van der Waals surface area contributed by atoms with E-state index in [2.05, 4.69) is 59.0 Å². The molecule has 0 aliphatic carbocycles. The summed E-state index contributed by atoms with van der Waals surface area (Å²) >= 11 is 0. The summed E-state index contributed by atoms with van der Waals surface area (Å²) in [6.07, 6.45) is 0. The third-order valence-corrected chi connectivity index (χ3v) is 5.82. The standard InChI is InChI=1S/C22H37N5O2/c1-5-23-22(24-16-18(2)27-13-14-29-17-19(27)3)26-11-9-25(10-12-26)20-7-6-8-21(15-20)28-4/h6-8,15,18-19H,5,9-14,16-17H2,1-4H3,(H,23,24). The predicted molar refractivity (Wildman–Crippen MR) is 119 cm³/mol. The van der Waals surface area contributed by atoms with Gasteiger partial charge in [-0.3, -0.25) is 9.89 Å². The monoisotopic (exact) mass is 403 g/mol. The Labute approximate surface area is 175 Å². The van der Waals surface area contributed by atoms with Gasteiger partial charge in [-0.1, -0.05) is 6.07 Å². The Balaban J connectivity index is 1.57. The van der Waals surface area contributed by atoms with Gasteiger partial charge in [0.2, 0.25) is 0 Å². The van der Waals surface area contributed by atoms with Crippen molar-refractivity contribution in [3.8, 4) is 5.75 Å². The molecule has 1 N–H and O–H groups in total. The van der Waals surface area contributed by atoms with Gasteiger partial charge in [0.15, 0.2) is 5.96 Å². The minimum atomic E-state index is 0.417. The lowest BCUT2D eigenvalue weighted by molar-refractivity contribution is -0.0166. The number of rotatable bonds is 6. The Bertz CT molecular complexity index is 660. The molecule has 7 nitrogen and oxygen atoms in total. The van der Waals surface area contributed by atoms with Crippen molar-refractivity contribution in [1.82, 2.24) is 15.1 Å². The van der Waals surface area contributed by atoms with E-state index in [0.717, 1.165) is 70.7 Å². The van der Waals surface area contributed by atoms with E-state index in [0.29, 0.717) is 12.1 Å². The largest absolute Gasteiger partial charge is 0.497 e. The molecule has 2 unspecified atom stereocenters. The molecule has 7 heteroatoms. The number of nitrogens with zero attached hydrogens (tertiary/aromatic N) is 4. The van der Waals surface area contributed by atoms with E-state index in [9.17, 15) is 0 Å². The summed E-state index contributed by atoms with van der Waals surface area (Å²) in [7, 11) is 1.72. The summed E-state index contributed by atoms with van der Waals surface area (Å²) in [6, 6.07) is 9.19. The fourth-order valence-corrected chi connectivity index (χ4v) is 4.13. The third kappa shape index (κ3) is 5.76. The van der Waals surface area contributed by atoms with Gasteiger partial charge < -0.3 is 24.6 Å². The summed E-state index contributed by atoms with van der Waals surface area (Å²) in [5.74, 6) is 1.94. The quantitative estimate of drug-likeness (QED) is 0.578. The predicted octanol–water partition coefficient (Wildman–Crippen LogP) is 1.89. The molecule has 0 radical (unpaired) electrons. The van der Waals surface area contributed by atoms with Crippen LogP contribution in [0, 0.1) is 0 Å². The Morgan fingerprint density at radius 2 is 2.07 bits per heavy atom. The van der Waals surface area contributed by atoms with E-state index in [4.69, 9.17) is 14.5 Å². The fourth-order valence-electron chi connectivity index (χ4n) is 4.13. The van der Waals surface area contributed by atoms with Crippen molar-refractivity contribution in [2.45, 2.75) is 32.9 Å². The van der Waals surface area contributed by atoms with Crippen molar-refractivity contribution < 1.29 is 9.47 Å². The first kappa shape index (κ1) is 21.7. The summed E-state index contributed by atoms with van der Waals surface area (Å²) in [6.45, 7) is 14.9. The van der Waals surface area contributed by atoms with Crippen LogP contribution in [0.15, 0.2) is 29.3 Å². The molecule has 0 amide bonds. The van der Waals surface area contributed by atoms with Crippen LogP contribution in [0.4, 0.5) is 5.69 Å². The molecule has 0 bridgehead atoms. The number of nitrogens with one attached hydrogen (secondary N) is 1. The minimum absolute atomic E-state index is 0.417. The number of morpholine rings is 1. The van der Waals surface area contributed by atoms with Gasteiger partial charge in [-0.2, -0.15) is 0 Å². The van der Waals surface area contributed by atoms with Crippen LogP contribution in [0.3, 0.4) is 0 Å². The van der Waals surface area contributed by atoms with Gasteiger partial charge in [-0.15, -0.1) is 0 Å². The molecule has 2 aliphatic rings. The molecule has 1 aromatic rings. The molecule has 1 aromatic carbocycles. The number of piperazine rings is 1. The second-order valence-corrected chi connectivity index (χ2v) is 7.88. The van der Waals surface area contributed by atoms with Crippen LogP contribution in [0.2, 0.25) is 0 Å². The summed E-state index contributed by atoms with van der Waals surface area (Å²) in [5, 5.41) is 3.49. The van der Waals surface area contributed by atoms with E-state index in [1.54, 1.807) is 7.11 Å². The number of ether oxygens (including phenoxy) is 2. The first-order valence-corrected chi connectivity index (χ1v) is 10.9. The average Bonchev–Trinajstić information content (AvgIpc) is 2.77. The normalized spacial score (nSPS) is 22.5. The zero-order valence-corrected chi connectivity index (χ0v) is 18.4. The van der Waals surface area contributed by atoms with Crippen molar-refractivity contribution in [2.75, 3.05) is 71.0 Å². The van der Waals surface area contributed by atoms with Gasteiger partial charge in [0.25, 0.3) is 0 Å². The Kier molecular flexibility index (Phi) is 8.00. The van der Waals surface area contributed by atoms with Gasteiger partial charge >= 0.3 is 0 Å². The Hall–Kier alpha value is -1.99. The highest BCUT2D eigenvalue weighted by Crippen LogP contribution is 2.22. The maximum Gasteiger partial charge on any atom is 0.194 e. The first-order valence-electron chi connectivity index (χ1n) is 10.9. The van der Waals surface area contributed by atoms with E-state index >= 15 is 0 Å². The van der Waals surface area contributed by atoms with Crippen LogP contribution in [0.25, 0.3) is 0 Å². The molecule has 2 saturated heterocycles. The number of benzene rings is 1.